The van der Waals surface area contributed by atoms with Crippen molar-refractivity contribution >= 4 is 22.7 Å². The van der Waals surface area contributed by atoms with Crippen molar-refractivity contribution in [1.82, 2.24) is 14.4 Å². The molecule has 0 unspecified atom stereocenters. The number of amides is 2. The average molecular weight is 285 g/mol. The summed E-state index contributed by atoms with van der Waals surface area (Å²) in [5.41, 5.74) is 1.80. The molecule has 1 aromatic heterocycles. The zero-order valence-corrected chi connectivity index (χ0v) is 12.4. The lowest BCUT2D eigenvalue weighted by molar-refractivity contribution is -0.130. The Kier molecular flexibility index (Phi) is 3.41. The normalized spacial score (nSPS) is 15.5. The molecule has 1 fully saturated rings. The summed E-state index contributed by atoms with van der Waals surface area (Å²) in [5.74, 6) is 0.127. The summed E-state index contributed by atoms with van der Waals surface area (Å²) >= 11 is 0. The first-order chi connectivity index (χ1) is 10.1. The number of aryl methyl sites for hydroxylation is 1. The molecule has 0 atom stereocenters. The average Bonchev–Trinajstić information content (AvgIpc) is 2.88. The van der Waals surface area contributed by atoms with Crippen LogP contribution in [-0.2, 0) is 11.8 Å². The van der Waals surface area contributed by atoms with Crippen molar-refractivity contribution in [2.75, 3.05) is 26.2 Å². The molecule has 110 valence electrons. The number of fused-ring (bicyclic) bond motifs is 1. The first-order valence-electron chi connectivity index (χ1n) is 7.17. The van der Waals surface area contributed by atoms with Crippen LogP contribution in [0.25, 0.3) is 10.9 Å². The van der Waals surface area contributed by atoms with Crippen LogP contribution in [0, 0.1) is 0 Å². The molecule has 0 N–H and O–H groups in total. The number of hydrogen-bond donors (Lipinski definition) is 0. The number of aromatic nitrogens is 1. The van der Waals surface area contributed by atoms with Crippen LogP contribution in [0.2, 0.25) is 0 Å². The molecule has 2 amide bonds. The van der Waals surface area contributed by atoms with Gasteiger partial charge in [-0.25, -0.2) is 0 Å². The molecule has 3 rings (SSSR count). The Bertz CT molecular complexity index is 697. The summed E-state index contributed by atoms with van der Waals surface area (Å²) < 4.78 is 2.01. The van der Waals surface area contributed by atoms with E-state index in [0.717, 1.165) is 16.5 Å². The van der Waals surface area contributed by atoms with Gasteiger partial charge in [-0.15, -0.1) is 0 Å². The Hall–Kier alpha value is -2.30. The van der Waals surface area contributed by atoms with Crippen LogP contribution in [0.1, 0.15) is 17.3 Å². The summed E-state index contributed by atoms with van der Waals surface area (Å²) in [4.78, 5) is 27.7. The zero-order chi connectivity index (χ0) is 15.0. The zero-order valence-electron chi connectivity index (χ0n) is 12.4. The summed E-state index contributed by atoms with van der Waals surface area (Å²) in [7, 11) is 1.97. The second-order valence-electron chi connectivity index (χ2n) is 5.46. The third-order valence-corrected chi connectivity index (χ3v) is 4.17. The van der Waals surface area contributed by atoms with E-state index < -0.39 is 0 Å². The summed E-state index contributed by atoms with van der Waals surface area (Å²) in [6, 6.07) is 7.79. The Balaban J connectivity index is 1.83. The largest absolute Gasteiger partial charge is 0.351 e. The Morgan fingerprint density at radius 3 is 2.33 bits per heavy atom. The number of rotatable bonds is 1. The van der Waals surface area contributed by atoms with Gasteiger partial charge in [0.05, 0.1) is 0 Å². The lowest BCUT2D eigenvalue weighted by Crippen LogP contribution is -2.50. The van der Waals surface area contributed by atoms with Crippen LogP contribution in [0.5, 0.6) is 0 Å². The van der Waals surface area contributed by atoms with Gasteiger partial charge in [-0.1, -0.05) is 6.07 Å². The molecule has 5 nitrogen and oxygen atoms in total. The van der Waals surface area contributed by atoms with E-state index in [2.05, 4.69) is 0 Å². The van der Waals surface area contributed by atoms with E-state index in [1.807, 2.05) is 47.0 Å². The topological polar surface area (TPSA) is 45.6 Å². The Morgan fingerprint density at radius 2 is 1.67 bits per heavy atom. The summed E-state index contributed by atoms with van der Waals surface area (Å²) in [6.45, 7) is 4.00. The fourth-order valence-electron chi connectivity index (χ4n) is 2.88. The molecule has 0 saturated carbocycles. The maximum absolute atomic E-state index is 12.7. The minimum Gasteiger partial charge on any atom is -0.351 e. The van der Waals surface area contributed by atoms with Crippen LogP contribution in [-0.4, -0.2) is 52.4 Å². The monoisotopic (exact) mass is 285 g/mol. The standard InChI is InChI=1S/C16H19N3O2/c1-12(20)18-8-10-19(11-9-18)16(21)14-4-3-5-15-13(14)6-7-17(15)2/h3-7H,8-11H2,1-2H3. The van der Waals surface area contributed by atoms with Crippen molar-refractivity contribution in [3.63, 3.8) is 0 Å². The maximum Gasteiger partial charge on any atom is 0.254 e. The van der Waals surface area contributed by atoms with E-state index in [-0.39, 0.29) is 11.8 Å². The highest BCUT2D eigenvalue weighted by Gasteiger charge is 2.24. The van der Waals surface area contributed by atoms with E-state index in [1.54, 1.807) is 11.8 Å². The molecule has 1 aliphatic rings. The summed E-state index contributed by atoms with van der Waals surface area (Å²) in [5, 5.41) is 0.985. The van der Waals surface area contributed by atoms with Gasteiger partial charge < -0.3 is 14.4 Å². The molecule has 0 spiro atoms. The molecule has 21 heavy (non-hydrogen) atoms. The molecular formula is C16H19N3O2. The summed E-state index contributed by atoms with van der Waals surface area (Å²) in [6.07, 6.45) is 1.97. The van der Waals surface area contributed by atoms with Gasteiger partial charge in [-0.3, -0.25) is 9.59 Å². The van der Waals surface area contributed by atoms with E-state index in [1.165, 1.54) is 0 Å². The van der Waals surface area contributed by atoms with Gasteiger partial charge in [-0.05, 0) is 18.2 Å². The molecular weight excluding hydrogens is 266 g/mol. The van der Waals surface area contributed by atoms with Crippen LogP contribution in [0.15, 0.2) is 30.5 Å². The maximum atomic E-state index is 12.7. The van der Waals surface area contributed by atoms with E-state index in [9.17, 15) is 9.59 Å². The van der Waals surface area contributed by atoms with Gasteiger partial charge in [0.2, 0.25) is 5.91 Å². The minimum atomic E-state index is 0.0509. The number of hydrogen-bond acceptors (Lipinski definition) is 2. The molecule has 5 heteroatoms. The molecule has 1 aliphatic heterocycles. The molecule has 1 saturated heterocycles. The van der Waals surface area contributed by atoms with Crippen molar-refractivity contribution in [3.05, 3.63) is 36.0 Å². The molecule has 1 aromatic carbocycles. The van der Waals surface area contributed by atoms with E-state index in [0.29, 0.717) is 26.2 Å². The lowest BCUT2D eigenvalue weighted by atomic mass is 10.1. The third kappa shape index (κ3) is 2.39. The molecule has 0 aliphatic carbocycles. The molecule has 0 bridgehead atoms. The first-order valence-corrected chi connectivity index (χ1v) is 7.17. The smallest absolute Gasteiger partial charge is 0.254 e. The lowest BCUT2D eigenvalue weighted by Gasteiger charge is -2.34. The highest BCUT2D eigenvalue weighted by atomic mass is 16.2. The predicted octanol–water partition coefficient (Wildman–Crippen LogP) is 1.48. The van der Waals surface area contributed by atoms with E-state index >= 15 is 0 Å². The minimum absolute atomic E-state index is 0.0509. The van der Waals surface area contributed by atoms with Crippen molar-refractivity contribution in [1.29, 1.82) is 0 Å². The number of nitrogens with zero attached hydrogens (tertiary/aromatic N) is 3. The molecule has 2 aromatic rings. The third-order valence-electron chi connectivity index (χ3n) is 4.17. The number of benzene rings is 1. The SMILES string of the molecule is CC(=O)N1CCN(C(=O)c2cccc3c2ccn3C)CC1. The Morgan fingerprint density at radius 1 is 1.00 bits per heavy atom. The van der Waals surface area contributed by atoms with Gasteiger partial charge in [0.15, 0.2) is 0 Å². The highest BCUT2D eigenvalue weighted by Crippen LogP contribution is 2.21. The fourth-order valence-corrected chi connectivity index (χ4v) is 2.88. The van der Waals surface area contributed by atoms with Crippen LogP contribution >= 0.6 is 0 Å². The first kappa shape index (κ1) is 13.7. The molecule has 2 heterocycles. The van der Waals surface area contributed by atoms with Crippen LogP contribution in [0.3, 0.4) is 0 Å². The quantitative estimate of drug-likeness (QED) is 0.797. The van der Waals surface area contributed by atoms with Crippen molar-refractivity contribution in [2.24, 2.45) is 7.05 Å². The van der Waals surface area contributed by atoms with Gasteiger partial charge >= 0.3 is 0 Å². The van der Waals surface area contributed by atoms with Crippen LogP contribution < -0.4 is 0 Å². The van der Waals surface area contributed by atoms with Crippen molar-refractivity contribution < 1.29 is 9.59 Å². The fraction of sp³-hybridized carbons (Fsp3) is 0.375. The van der Waals surface area contributed by atoms with Gasteiger partial charge in [-0.2, -0.15) is 0 Å². The number of carbonyl (C=O) groups is 2. The second kappa shape index (κ2) is 5.24. The van der Waals surface area contributed by atoms with Crippen molar-refractivity contribution in [2.45, 2.75) is 6.92 Å². The Labute approximate surface area is 123 Å². The predicted molar refractivity (Wildman–Crippen MR) is 81.1 cm³/mol. The van der Waals surface area contributed by atoms with E-state index in [4.69, 9.17) is 0 Å². The number of carbonyl (C=O) groups excluding carboxylic acids is 2. The van der Waals surface area contributed by atoms with Crippen LogP contribution in [0.4, 0.5) is 0 Å². The van der Waals surface area contributed by atoms with Gasteiger partial charge in [0.25, 0.3) is 5.91 Å². The van der Waals surface area contributed by atoms with Crippen molar-refractivity contribution in [3.8, 4) is 0 Å². The highest BCUT2D eigenvalue weighted by molar-refractivity contribution is 6.06. The number of piperazine rings is 1. The van der Waals surface area contributed by atoms with Gasteiger partial charge in [0, 0.05) is 62.8 Å². The van der Waals surface area contributed by atoms with Gasteiger partial charge in [0.1, 0.15) is 0 Å². The molecule has 0 radical (unpaired) electrons. The second-order valence-corrected chi connectivity index (χ2v) is 5.46.